The second kappa shape index (κ2) is 7.70. The summed E-state index contributed by atoms with van der Waals surface area (Å²) in [6.07, 6.45) is 7.26. The number of hydrogen-bond donors (Lipinski definition) is 0. The maximum Gasteiger partial charge on any atom is 0.338 e. The van der Waals surface area contributed by atoms with E-state index in [1.807, 2.05) is 38.1 Å². The molecule has 1 aromatic carbocycles. The molecular weight excluding hydrogens is 224 g/mol. The van der Waals surface area contributed by atoms with Gasteiger partial charge in [-0.1, -0.05) is 44.0 Å². The first kappa shape index (κ1) is 14.5. The summed E-state index contributed by atoms with van der Waals surface area (Å²) >= 11 is 0. The van der Waals surface area contributed by atoms with Gasteiger partial charge in [0.2, 0.25) is 0 Å². The lowest BCUT2D eigenvalue weighted by atomic mass is 10.1. The largest absolute Gasteiger partial charge is 0.455 e. The molecule has 0 spiro atoms. The summed E-state index contributed by atoms with van der Waals surface area (Å²) in [5.74, 6) is -0.249. The van der Waals surface area contributed by atoms with E-state index in [4.69, 9.17) is 4.74 Å². The molecule has 0 bridgehead atoms. The van der Waals surface area contributed by atoms with Crippen molar-refractivity contribution in [3.8, 4) is 0 Å². The van der Waals surface area contributed by atoms with Crippen molar-refractivity contribution in [1.82, 2.24) is 0 Å². The molecule has 0 radical (unpaired) electrons. The molecule has 1 unspecified atom stereocenters. The van der Waals surface area contributed by atoms with Crippen molar-refractivity contribution >= 4 is 5.97 Å². The van der Waals surface area contributed by atoms with Gasteiger partial charge in [-0.15, -0.1) is 0 Å². The van der Waals surface area contributed by atoms with Crippen LogP contribution in [0.2, 0.25) is 0 Å². The van der Waals surface area contributed by atoms with Gasteiger partial charge in [-0.3, -0.25) is 0 Å². The highest BCUT2D eigenvalue weighted by Gasteiger charge is 2.11. The smallest absolute Gasteiger partial charge is 0.338 e. The van der Waals surface area contributed by atoms with E-state index in [9.17, 15) is 4.79 Å². The third-order valence-electron chi connectivity index (χ3n) is 2.79. The van der Waals surface area contributed by atoms with Crippen molar-refractivity contribution in [3.05, 3.63) is 47.5 Å². The van der Waals surface area contributed by atoms with E-state index in [-0.39, 0.29) is 12.1 Å². The number of aryl methyl sites for hydroxylation is 1. The summed E-state index contributed by atoms with van der Waals surface area (Å²) in [4.78, 5) is 11.9. The highest BCUT2D eigenvalue weighted by molar-refractivity contribution is 5.91. The molecule has 0 aliphatic heterocycles. The van der Waals surface area contributed by atoms with Crippen LogP contribution in [0.4, 0.5) is 0 Å². The number of rotatable bonds is 6. The molecule has 0 saturated heterocycles. The molecule has 0 amide bonds. The first-order chi connectivity index (χ1) is 8.65. The van der Waals surface area contributed by atoms with Crippen molar-refractivity contribution in [2.24, 2.45) is 0 Å². The molecule has 2 heteroatoms. The highest BCUT2D eigenvalue weighted by atomic mass is 16.5. The zero-order valence-electron chi connectivity index (χ0n) is 11.5. The third-order valence-corrected chi connectivity index (χ3v) is 2.79. The van der Waals surface area contributed by atoms with Crippen molar-refractivity contribution in [2.75, 3.05) is 0 Å². The van der Waals surface area contributed by atoms with Crippen molar-refractivity contribution in [1.29, 1.82) is 0 Å². The van der Waals surface area contributed by atoms with Gasteiger partial charge >= 0.3 is 5.97 Å². The maximum atomic E-state index is 11.9. The zero-order valence-corrected chi connectivity index (χ0v) is 11.5. The van der Waals surface area contributed by atoms with Crippen LogP contribution < -0.4 is 0 Å². The van der Waals surface area contributed by atoms with Crippen molar-refractivity contribution in [2.45, 2.75) is 46.1 Å². The van der Waals surface area contributed by atoms with Gasteiger partial charge in [0.1, 0.15) is 6.10 Å². The van der Waals surface area contributed by atoms with Crippen LogP contribution in [-0.4, -0.2) is 12.1 Å². The average Bonchev–Trinajstić information content (AvgIpc) is 2.35. The number of ether oxygens (including phenoxy) is 1. The minimum absolute atomic E-state index is 0.172. The van der Waals surface area contributed by atoms with E-state index in [1.54, 1.807) is 6.07 Å². The monoisotopic (exact) mass is 246 g/mol. The summed E-state index contributed by atoms with van der Waals surface area (Å²) in [5.41, 5.74) is 1.59. The molecule has 0 aliphatic carbocycles. The van der Waals surface area contributed by atoms with Crippen LogP contribution in [0.5, 0.6) is 0 Å². The number of allylic oxidation sites excluding steroid dienone is 1. The van der Waals surface area contributed by atoms with E-state index >= 15 is 0 Å². The normalized spacial score (nSPS) is 12.6. The Balaban J connectivity index is 2.50. The van der Waals surface area contributed by atoms with E-state index in [0.717, 1.165) is 12.0 Å². The number of carbonyl (C=O) groups is 1. The van der Waals surface area contributed by atoms with E-state index in [0.29, 0.717) is 5.56 Å². The number of esters is 1. The molecule has 2 nitrogen and oxygen atoms in total. The van der Waals surface area contributed by atoms with Crippen LogP contribution in [0.25, 0.3) is 0 Å². The fourth-order valence-corrected chi connectivity index (χ4v) is 1.68. The van der Waals surface area contributed by atoms with Gasteiger partial charge in [-0.05, 0) is 38.0 Å². The molecule has 1 rings (SSSR count). The summed E-state index contributed by atoms with van der Waals surface area (Å²) in [6, 6.07) is 7.48. The number of carbonyl (C=O) groups excluding carboxylic acids is 1. The highest BCUT2D eigenvalue weighted by Crippen LogP contribution is 2.10. The first-order valence-electron chi connectivity index (χ1n) is 6.58. The Labute approximate surface area is 110 Å². The lowest BCUT2D eigenvalue weighted by molar-refractivity contribution is 0.0423. The lowest BCUT2D eigenvalue weighted by Gasteiger charge is -2.10. The van der Waals surface area contributed by atoms with E-state index in [2.05, 4.69) is 13.0 Å². The van der Waals surface area contributed by atoms with Crippen LogP contribution >= 0.6 is 0 Å². The van der Waals surface area contributed by atoms with Crippen LogP contribution in [0.1, 0.15) is 49.0 Å². The van der Waals surface area contributed by atoms with Gasteiger partial charge in [0.15, 0.2) is 0 Å². The molecule has 0 aliphatic rings. The molecule has 0 N–H and O–H groups in total. The van der Waals surface area contributed by atoms with Crippen molar-refractivity contribution in [3.63, 3.8) is 0 Å². The Bertz CT molecular complexity index is 407. The second-order valence-electron chi connectivity index (χ2n) is 4.50. The molecule has 0 saturated carbocycles. The molecule has 98 valence electrons. The van der Waals surface area contributed by atoms with E-state index < -0.39 is 0 Å². The Hall–Kier alpha value is -1.57. The number of hydrogen-bond acceptors (Lipinski definition) is 2. The SMILES string of the molecule is CCCC/C=C/C(C)OC(=O)c1ccccc1C. The molecule has 0 fully saturated rings. The van der Waals surface area contributed by atoms with Crippen LogP contribution in [0, 0.1) is 6.92 Å². The predicted molar refractivity (Wildman–Crippen MR) is 74.7 cm³/mol. The topological polar surface area (TPSA) is 26.3 Å². The first-order valence-corrected chi connectivity index (χ1v) is 6.58. The molecule has 0 heterocycles. The average molecular weight is 246 g/mol. The molecule has 1 atom stereocenters. The summed E-state index contributed by atoms with van der Waals surface area (Å²) in [5, 5.41) is 0. The van der Waals surface area contributed by atoms with Gasteiger partial charge < -0.3 is 4.74 Å². The summed E-state index contributed by atoms with van der Waals surface area (Å²) in [7, 11) is 0. The predicted octanol–water partition coefficient (Wildman–Crippen LogP) is 4.29. The molecular formula is C16H22O2. The van der Waals surface area contributed by atoms with Crippen LogP contribution in [-0.2, 0) is 4.74 Å². The molecule has 1 aromatic rings. The Morgan fingerprint density at radius 1 is 1.39 bits per heavy atom. The van der Waals surface area contributed by atoms with Gasteiger partial charge in [0.05, 0.1) is 5.56 Å². The zero-order chi connectivity index (χ0) is 13.4. The maximum absolute atomic E-state index is 11.9. The van der Waals surface area contributed by atoms with Gasteiger partial charge in [0, 0.05) is 0 Å². The Kier molecular flexibility index (Phi) is 6.20. The third kappa shape index (κ3) is 4.74. The van der Waals surface area contributed by atoms with E-state index in [1.165, 1.54) is 12.8 Å². The standard InChI is InChI=1S/C16H22O2/c1-4-5-6-7-11-14(3)18-16(17)15-12-9-8-10-13(15)2/h7-12,14H,4-6H2,1-3H3/b11-7+. The van der Waals surface area contributed by atoms with Gasteiger partial charge in [-0.2, -0.15) is 0 Å². The summed E-state index contributed by atoms with van der Waals surface area (Å²) in [6.45, 7) is 5.96. The minimum Gasteiger partial charge on any atom is -0.455 e. The Morgan fingerprint density at radius 2 is 2.11 bits per heavy atom. The molecule has 18 heavy (non-hydrogen) atoms. The Morgan fingerprint density at radius 3 is 2.78 bits per heavy atom. The molecule has 0 aromatic heterocycles. The number of benzene rings is 1. The van der Waals surface area contributed by atoms with Crippen LogP contribution in [0.15, 0.2) is 36.4 Å². The van der Waals surface area contributed by atoms with Gasteiger partial charge in [-0.25, -0.2) is 4.79 Å². The number of unbranched alkanes of at least 4 members (excludes halogenated alkanes) is 2. The fraction of sp³-hybridized carbons (Fsp3) is 0.438. The second-order valence-corrected chi connectivity index (χ2v) is 4.50. The summed E-state index contributed by atoms with van der Waals surface area (Å²) < 4.78 is 5.37. The lowest BCUT2D eigenvalue weighted by Crippen LogP contribution is -2.13. The van der Waals surface area contributed by atoms with Crippen LogP contribution in [0.3, 0.4) is 0 Å². The quantitative estimate of drug-likeness (QED) is 0.425. The fourth-order valence-electron chi connectivity index (χ4n) is 1.68. The van der Waals surface area contributed by atoms with Crippen molar-refractivity contribution < 1.29 is 9.53 Å². The van der Waals surface area contributed by atoms with Gasteiger partial charge in [0.25, 0.3) is 0 Å². The minimum atomic E-state index is -0.249.